The molecule has 1 N–H and O–H groups in total. The van der Waals surface area contributed by atoms with Crippen molar-refractivity contribution in [2.45, 2.75) is 13.8 Å². The Kier molecular flexibility index (Phi) is 6.76. The molecule has 16 heavy (non-hydrogen) atoms. The van der Waals surface area contributed by atoms with Crippen molar-refractivity contribution >= 4 is 6.21 Å². The van der Waals surface area contributed by atoms with E-state index in [2.05, 4.69) is 0 Å². The molecule has 0 amide bonds. The fourth-order valence-electron chi connectivity index (χ4n) is 1.17. The van der Waals surface area contributed by atoms with Crippen molar-refractivity contribution in [2.75, 3.05) is 21.3 Å². The van der Waals surface area contributed by atoms with E-state index >= 15 is 0 Å². The average molecular weight is 225 g/mol. The third-order valence-electron chi connectivity index (χ3n) is 1.90. The van der Waals surface area contributed by atoms with Gasteiger partial charge < -0.3 is 19.6 Å². The van der Waals surface area contributed by atoms with Gasteiger partial charge in [-0.15, -0.1) is 0 Å². The minimum absolute atomic E-state index is 0.566. The van der Waals surface area contributed by atoms with Crippen LogP contribution < -0.4 is 14.2 Å². The van der Waals surface area contributed by atoms with Gasteiger partial charge in [-0.2, -0.15) is 0 Å². The average Bonchev–Trinajstić information content (AvgIpc) is 2.39. The molecule has 0 unspecified atom stereocenters. The summed E-state index contributed by atoms with van der Waals surface area (Å²) in [4.78, 5) is 0. The Bertz CT molecular complexity index is 312. The lowest BCUT2D eigenvalue weighted by Crippen LogP contribution is -1.96. The van der Waals surface area contributed by atoms with Gasteiger partial charge in [0.25, 0.3) is 0 Å². The molecule has 0 atom stereocenters. The van der Waals surface area contributed by atoms with E-state index in [-0.39, 0.29) is 0 Å². The number of benzene rings is 1. The third kappa shape index (κ3) is 3.15. The second-order valence-corrected chi connectivity index (χ2v) is 2.59. The molecular formula is C12H19NO3. The van der Waals surface area contributed by atoms with Gasteiger partial charge in [0, 0.05) is 18.3 Å². The Hall–Kier alpha value is -1.71. The van der Waals surface area contributed by atoms with Crippen LogP contribution in [0, 0.1) is 5.41 Å². The third-order valence-corrected chi connectivity index (χ3v) is 1.90. The summed E-state index contributed by atoms with van der Waals surface area (Å²) in [5, 5.41) is 7.23. The van der Waals surface area contributed by atoms with E-state index < -0.39 is 0 Å². The Labute approximate surface area is 96.7 Å². The van der Waals surface area contributed by atoms with Crippen molar-refractivity contribution in [1.82, 2.24) is 0 Å². The summed E-state index contributed by atoms with van der Waals surface area (Å²) < 4.78 is 15.3. The molecule has 0 heterocycles. The van der Waals surface area contributed by atoms with E-state index in [4.69, 9.17) is 19.6 Å². The van der Waals surface area contributed by atoms with Crippen molar-refractivity contribution in [2.24, 2.45) is 0 Å². The Morgan fingerprint density at radius 2 is 1.38 bits per heavy atom. The first kappa shape index (κ1) is 14.3. The molecule has 90 valence electrons. The van der Waals surface area contributed by atoms with Gasteiger partial charge >= 0.3 is 0 Å². The minimum atomic E-state index is 0.566. The van der Waals surface area contributed by atoms with Crippen LogP contribution in [-0.2, 0) is 0 Å². The molecular weight excluding hydrogens is 206 g/mol. The first-order valence-electron chi connectivity index (χ1n) is 5.07. The fraction of sp³-hybridized carbons (Fsp3) is 0.417. The summed E-state index contributed by atoms with van der Waals surface area (Å²) in [7, 11) is 4.65. The van der Waals surface area contributed by atoms with Gasteiger partial charge in [0.05, 0.1) is 26.9 Å². The highest BCUT2D eigenvalue weighted by atomic mass is 16.5. The first-order valence-corrected chi connectivity index (χ1v) is 5.07. The summed E-state index contributed by atoms with van der Waals surface area (Å²) in [6, 6.07) is 3.42. The normalized spacial score (nSPS) is 8.56. The lowest BCUT2D eigenvalue weighted by atomic mass is 10.2. The Morgan fingerprint density at radius 1 is 0.938 bits per heavy atom. The fourth-order valence-corrected chi connectivity index (χ4v) is 1.17. The van der Waals surface area contributed by atoms with Crippen LogP contribution in [0.15, 0.2) is 12.1 Å². The molecule has 0 aliphatic heterocycles. The summed E-state index contributed by atoms with van der Waals surface area (Å²) >= 11 is 0. The summed E-state index contributed by atoms with van der Waals surface area (Å²) in [6.45, 7) is 4.00. The number of rotatable bonds is 4. The van der Waals surface area contributed by atoms with Crippen molar-refractivity contribution in [1.29, 1.82) is 5.41 Å². The monoisotopic (exact) mass is 225 g/mol. The van der Waals surface area contributed by atoms with Crippen molar-refractivity contribution in [3.63, 3.8) is 0 Å². The van der Waals surface area contributed by atoms with Gasteiger partial charge in [0.15, 0.2) is 0 Å². The van der Waals surface area contributed by atoms with E-state index in [1.54, 1.807) is 33.5 Å². The van der Waals surface area contributed by atoms with Crippen LogP contribution in [0.2, 0.25) is 0 Å². The van der Waals surface area contributed by atoms with Crippen LogP contribution in [0.25, 0.3) is 0 Å². The number of nitrogens with one attached hydrogen (secondary N) is 1. The summed E-state index contributed by atoms with van der Waals surface area (Å²) in [5.74, 6) is 1.77. The predicted molar refractivity (Wildman–Crippen MR) is 65.3 cm³/mol. The molecule has 0 aromatic heterocycles. The molecule has 4 nitrogen and oxygen atoms in total. The summed E-state index contributed by atoms with van der Waals surface area (Å²) in [5.41, 5.74) is 0.607. The van der Waals surface area contributed by atoms with Gasteiger partial charge in [-0.3, -0.25) is 0 Å². The van der Waals surface area contributed by atoms with Gasteiger partial charge in [0.1, 0.15) is 17.2 Å². The van der Waals surface area contributed by atoms with Crippen molar-refractivity contribution < 1.29 is 14.2 Å². The molecule has 0 radical (unpaired) electrons. The molecule has 0 saturated carbocycles. The lowest BCUT2D eigenvalue weighted by Gasteiger charge is -2.11. The highest BCUT2D eigenvalue weighted by Gasteiger charge is 2.10. The highest BCUT2D eigenvalue weighted by Crippen LogP contribution is 2.32. The zero-order valence-electron chi connectivity index (χ0n) is 10.5. The van der Waals surface area contributed by atoms with E-state index in [0.29, 0.717) is 22.8 Å². The summed E-state index contributed by atoms with van der Waals surface area (Å²) in [6.07, 6.45) is 1.19. The highest BCUT2D eigenvalue weighted by molar-refractivity contribution is 5.86. The smallest absolute Gasteiger partial charge is 0.135 e. The van der Waals surface area contributed by atoms with Crippen LogP contribution in [0.4, 0.5) is 0 Å². The Balaban J connectivity index is 0.00000106. The molecule has 1 aromatic rings. The van der Waals surface area contributed by atoms with Crippen LogP contribution in [0.3, 0.4) is 0 Å². The SMILES string of the molecule is CC.COc1cc(OC)c(C=N)c(OC)c1. The maximum absolute atomic E-state index is 7.23. The van der Waals surface area contributed by atoms with Gasteiger partial charge in [-0.25, -0.2) is 0 Å². The van der Waals surface area contributed by atoms with Crippen LogP contribution in [0.1, 0.15) is 19.4 Å². The van der Waals surface area contributed by atoms with Crippen molar-refractivity contribution in [3.05, 3.63) is 17.7 Å². The molecule has 0 spiro atoms. The number of methoxy groups -OCH3 is 3. The minimum Gasteiger partial charge on any atom is -0.496 e. The topological polar surface area (TPSA) is 51.5 Å². The first-order chi connectivity index (χ1) is 7.76. The largest absolute Gasteiger partial charge is 0.496 e. The standard InChI is InChI=1S/C10H13NO3.C2H6/c1-12-7-4-9(13-2)8(6-11)10(5-7)14-3;1-2/h4-6,11H,1-3H3;1-2H3. The van der Waals surface area contributed by atoms with E-state index in [0.717, 1.165) is 0 Å². The maximum Gasteiger partial charge on any atom is 0.135 e. The van der Waals surface area contributed by atoms with E-state index in [1.165, 1.54) is 6.21 Å². The molecule has 1 rings (SSSR count). The van der Waals surface area contributed by atoms with Crippen LogP contribution in [0.5, 0.6) is 17.2 Å². The number of ether oxygens (including phenoxy) is 3. The molecule has 0 aliphatic carbocycles. The van der Waals surface area contributed by atoms with Crippen LogP contribution >= 0.6 is 0 Å². The quantitative estimate of drug-likeness (QED) is 0.801. The van der Waals surface area contributed by atoms with Crippen molar-refractivity contribution in [3.8, 4) is 17.2 Å². The second kappa shape index (κ2) is 7.56. The Morgan fingerprint density at radius 3 is 1.62 bits per heavy atom. The second-order valence-electron chi connectivity index (χ2n) is 2.59. The van der Waals surface area contributed by atoms with Gasteiger partial charge in [0.2, 0.25) is 0 Å². The predicted octanol–water partition coefficient (Wildman–Crippen LogP) is 2.74. The van der Waals surface area contributed by atoms with E-state index in [9.17, 15) is 0 Å². The van der Waals surface area contributed by atoms with Gasteiger partial charge in [-0.1, -0.05) is 13.8 Å². The van der Waals surface area contributed by atoms with E-state index in [1.807, 2.05) is 13.8 Å². The van der Waals surface area contributed by atoms with Gasteiger partial charge in [-0.05, 0) is 0 Å². The number of hydrogen-bond donors (Lipinski definition) is 1. The molecule has 0 aliphatic rings. The van der Waals surface area contributed by atoms with Crippen LogP contribution in [-0.4, -0.2) is 27.5 Å². The molecule has 0 bridgehead atoms. The molecule has 1 aromatic carbocycles. The number of hydrogen-bond acceptors (Lipinski definition) is 4. The zero-order valence-corrected chi connectivity index (χ0v) is 10.5. The zero-order chi connectivity index (χ0) is 12.6. The molecule has 4 heteroatoms. The lowest BCUT2D eigenvalue weighted by molar-refractivity contribution is 0.374. The molecule has 0 saturated heterocycles. The molecule has 0 fully saturated rings. The maximum atomic E-state index is 7.23.